The Morgan fingerprint density at radius 1 is 1.23 bits per heavy atom. The van der Waals surface area contributed by atoms with Gasteiger partial charge >= 0.3 is 5.97 Å². The molecule has 9 heteroatoms. The molecule has 156 valence electrons. The highest BCUT2D eigenvalue weighted by atomic mass is 79.9. The first-order valence-corrected chi connectivity index (χ1v) is 10.6. The molecule has 2 aromatic rings. The Kier molecular flexibility index (Phi) is 7.28. The smallest absolute Gasteiger partial charge is 0.344 e. The van der Waals surface area contributed by atoms with Crippen LogP contribution in [0, 0.1) is 5.82 Å². The molecule has 0 radical (unpaired) electrons. The third-order valence-electron chi connectivity index (χ3n) is 4.07. The number of ether oxygens (including phenoxy) is 2. The van der Waals surface area contributed by atoms with E-state index in [9.17, 15) is 18.8 Å². The minimum Gasteiger partial charge on any atom is -0.481 e. The minimum atomic E-state index is -0.524. The topological polar surface area (TPSA) is 72.9 Å². The number of hydrogen-bond donors (Lipinski definition) is 0. The van der Waals surface area contributed by atoms with E-state index in [-0.39, 0.29) is 30.2 Å². The van der Waals surface area contributed by atoms with Crippen LogP contribution in [0.15, 0.2) is 51.8 Å². The molecule has 3 rings (SSSR count). The molecule has 0 spiro atoms. The van der Waals surface area contributed by atoms with Crippen molar-refractivity contribution < 1.29 is 28.2 Å². The van der Waals surface area contributed by atoms with Gasteiger partial charge in [-0.25, -0.2) is 9.18 Å². The van der Waals surface area contributed by atoms with Crippen molar-refractivity contribution in [1.82, 2.24) is 4.90 Å². The quantitative estimate of drug-likeness (QED) is 0.408. The third kappa shape index (κ3) is 5.28. The number of imide groups is 1. The van der Waals surface area contributed by atoms with Crippen LogP contribution in [0.4, 0.5) is 9.18 Å². The first kappa shape index (κ1) is 22.0. The van der Waals surface area contributed by atoms with E-state index in [1.54, 1.807) is 31.2 Å². The summed E-state index contributed by atoms with van der Waals surface area (Å²) in [5.74, 6) is -1.17. The number of thioether (sulfide) groups is 1. The van der Waals surface area contributed by atoms with E-state index < -0.39 is 22.9 Å². The van der Waals surface area contributed by atoms with Gasteiger partial charge in [0.25, 0.3) is 11.1 Å². The molecule has 0 aliphatic carbocycles. The van der Waals surface area contributed by atoms with Gasteiger partial charge in [0, 0.05) is 15.6 Å². The van der Waals surface area contributed by atoms with Crippen LogP contribution in [-0.2, 0) is 20.9 Å². The molecule has 0 N–H and O–H groups in total. The molecule has 1 aliphatic heterocycles. The summed E-state index contributed by atoms with van der Waals surface area (Å²) in [5, 5.41) is -0.488. The third-order valence-corrected chi connectivity index (χ3v) is 5.47. The molecule has 0 bridgehead atoms. The van der Waals surface area contributed by atoms with Gasteiger partial charge in [-0.15, -0.1) is 0 Å². The van der Waals surface area contributed by atoms with Gasteiger partial charge < -0.3 is 9.47 Å². The van der Waals surface area contributed by atoms with E-state index in [1.165, 1.54) is 24.3 Å². The van der Waals surface area contributed by atoms with E-state index >= 15 is 0 Å². The maximum Gasteiger partial charge on any atom is 0.344 e. The van der Waals surface area contributed by atoms with Crippen molar-refractivity contribution >= 4 is 50.9 Å². The fraction of sp³-hybridized carbons (Fsp3) is 0.190. The number of hydrogen-bond acceptors (Lipinski definition) is 6. The average molecular weight is 494 g/mol. The summed E-state index contributed by atoms with van der Waals surface area (Å²) in [6.07, 6.45) is 1.51. The molecule has 6 nitrogen and oxygen atoms in total. The van der Waals surface area contributed by atoms with Gasteiger partial charge in [-0.05, 0) is 49.0 Å². The van der Waals surface area contributed by atoms with Gasteiger partial charge in [-0.2, -0.15) is 0 Å². The highest BCUT2D eigenvalue weighted by molar-refractivity contribution is 9.10. The summed E-state index contributed by atoms with van der Waals surface area (Å²) in [6.45, 7) is 1.50. The molecule has 0 saturated carbocycles. The van der Waals surface area contributed by atoms with Gasteiger partial charge in [0.1, 0.15) is 11.6 Å². The maximum absolute atomic E-state index is 13.9. The zero-order chi connectivity index (χ0) is 21.7. The number of carbonyl (C=O) groups is 3. The maximum atomic E-state index is 13.9. The van der Waals surface area contributed by atoms with Crippen LogP contribution in [0.5, 0.6) is 5.75 Å². The fourth-order valence-electron chi connectivity index (χ4n) is 2.68. The first-order valence-electron chi connectivity index (χ1n) is 8.95. The highest BCUT2D eigenvalue weighted by Gasteiger charge is 2.35. The van der Waals surface area contributed by atoms with Crippen molar-refractivity contribution in [3.8, 4) is 5.75 Å². The first-order chi connectivity index (χ1) is 14.4. The zero-order valence-electron chi connectivity index (χ0n) is 15.9. The molecule has 2 amide bonds. The molecule has 0 unspecified atom stereocenters. The lowest BCUT2D eigenvalue weighted by atomic mass is 10.1. The van der Waals surface area contributed by atoms with Crippen LogP contribution < -0.4 is 4.74 Å². The van der Waals surface area contributed by atoms with Gasteiger partial charge in [0.15, 0.2) is 6.61 Å². The van der Waals surface area contributed by atoms with Crippen LogP contribution in [0.3, 0.4) is 0 Å². The van der Waals surface area contributed by atoms with Crippen LogP contribution in [0.1, 0.15) is 18.1 Å². The highest BCUT2D eigenvalue weighted by Crippen LogP contribution is 2.35. The Labute approximate surface area is 185 Å². The molecule has 0 aromatic heterocycles. The van der Waals surface area contributed by atoms with Crippen molar-refractivity contribution in [3.63, 3.8) is 0 Å². The Hall–Kier alpha value is -2.65. The Morgan fingerprint density at radius 2 is 2.00 bits per heavy atom. The standard InChI is InChI=1S/C21H17BrFNO5S/c1-2-28-19(25)12-29-17-8-7-15(22)9-14(17)10-18-20(26)24(21(27)30-18)11-13-5-3-4-6-16(13)23/h3-10H,2,11-12H2,1H3/b18-10+. The predicted molar refractivity (Wildman–Crippen MR) is 114 cm³/mol. The molecule has 1 saturated heterocycles. The van der Waals surface area contributed by atoms with Gasteiger partial charge in [-0.3, -0.25) is 14.5 Å². The van der Waals surface area contributed by atoms with E-state index in [1.807, 2.05) is 0 Å². The van der Waals surface area contributed by atoms with Crippen LogP contribution in [-0.4, -0.2) is 35.2 Å². The number of benzene rings is 2. The summed E-state index contributed by atoms with van der Waals surface area (Å²) in [7, 11) is 0. The number of rotatable bonds is 7. The monoisotopic (exact) mass is 493 g/mol. The van der Waals surface area contributed by atoms with E-state index in [0.717, 1.165) is 21.1 Å². The molecule has 0 atom stereocenters. The molecular weight excluding hydrogens is 477 g/mol. The number of amides is 2. The summed E-state index contributed by atoms with van der Waals surface area (Å²) in [5.41, 5.74) is 0.757. The van der Waals surface area contributed by atoms with Crippen LogP contribution in [0.25, 0.3) is 6.08 Å². The van der Waals surface area contributed by atoms with Crippen molar-refractivity contribution in [1.29, 1.82) is 0 Å². The summed E-state index contributed by atoms with van der Waals surface area (Å²) >= 11 is 4.12. The second kappa shape index (κ2) is 9.90. The van der Waals surface area contributed by atoms with Gasteiger partial charge in [0.05, 0.1) is 18.1 Å². The molecule has 1 heterocycles. The minimum absolute atomic E-state index is 0.153. The Bertz CT molecular complexity index is 1030. The molecular formula is C21H17BrFNO5S. The molecule has 30 heavy (non-hydrogen) atoms. The Morgan fingerprint density at radius 3 is 2.73 bits per heavy atom. The fourth-order valence-corrected chi connectivity index (χ4v) is 3.89. The predicted octanol–water partition coefficient (Wildman–Crippen LogP) is 4.77. The average Bonchev–Trinajstić information content (AvgIpc) is 2.96. The second-order valence-electron chi connectivity index (χ2n) is 6.14. The van der Waals surface area contributed by atoms with E-state index in [0.29, 0.717) is 11.3 Å². The van der Waals surface area contributed by atoms with Crippen LogP contribution in [0.2, 0.25) is 0 Å². The van der Waals surface area contributed by atoms with Crippen molar-refractivity contribution in [2.45, 2.75) is 13.5 Å². The summed E-state index contributed by atoms with van der Waals surface area (Å²) in [4.78, 5) is 37.8. The lowest BCUT2D eigenvalue weighted by molar-refractivity contribution is -0.145. The Balaban J connectivity index is 1.82. The summed E-state index contributed by atoms with van der Waals surface area (Å²) in [6, 6.07) is 11.0. The van der Waals surface area contributed by atoms with E-state index in [4.69, 9.17) is 9.47 Å². The number of carbonyl (C=O) groups excluding carboxylic acids is 3. The summed E-state index contributed by atoms with van der Waals surface area (Å²) < 4.78 is 25.0. The number of nitrogens with zero attached hydrogens (tertiary/aromatic N) is 1. The van der Waals surface area contributed by atoms with Crippen molar-refractivity contribution in [3.05, 3.63) is 68.8 Å². The number of halogens is 2. The molecule has 2 aromatic carbocycles. The van der Waals surface area contributed by atoms with Gasteiger partial charge in [0.2, 0.25) is 0 Å². The van der Waals surface area contributed by atoms with E-state index in [2.05, 4.69) is 15.9 Å². The molecule has 1 fully saturated rings. The van der Waals surface area contributed by atoms with Gasteiger partial charge in [-0.1, -0.05) is 34.1 Å². The largest absolute Gasteiger partial charge is 0.481 e. The second-order valence-corrected chi connectivity index (χ2v) is 8.04. The zero-order valence-corrected chi connectivity index (χ0v) is 18.3. The molecule has 1 aliphatic rings. The van der Waals surface area contributed by atoms with Crippen LogP contribution >= 0.6 is 27.7 Å². The lowest BCUT2D eigenvalue weighted by Gasteiger charge is -2.13. The normalized spacial score (nSPS) is 15.0. The SMILES string of the molecule is CCOC(=O)COc1ccc(Br)cc1/C=C1/SC(=O)N(Cc2ccccc2F)C1=O. The van der Waals surface area contributed by atoms with Crippen molar-refractivity contribution in [2.75, 3.05) is 13.2 Å². The lowest BCUT2D eigenvalue weighted by Crippen LogP contribution is -2.27. The van der Waals surface area contributed by atoms with Crippen molar-refractivity contribution in [2.24, 2.45) is 0 Å². The number of esters is 1.